The van der Waals surface area contributed by atoms with Gasteiger partial charge in [0.15, 0.2) is 0 Å². The minimum Gasteiger partial charge on any atom is -0.355 e. The Morgan fingerprint density at radius 1 is 1.23 bits per heavy atom. The molecule has 8 nitrogen and oxygen atoms in total. The minimum atomic E-state index is 0.201. The van der Waals surface area contributed by atoms with Crippen LogP contribution in [-0.2, 0) is 6.54 Å². The number of aromatic amines is 1. The molecule has 30 heavy (non-hydrogen) atoms. The highest BCUT2D eigenvalue weighted by atomic mass is 15.3. The van der Waals surface area contributed by atoms with Crippen LogP contribution in [0.4, 0.5) is 5.82 Å². The number of nitrogens with one attached hydrogen (secondary N) is 1. The second-order valence-corrected chi connectivity index (χ2v) is 7.96. The van der Waals surface area contributed by atoms with Gasteiger partial charge in [-0.15, -0.1) is 0 Å². The Balaban J connectivity index is 1.56. The zero-order valence-electron chi connectivity index (χ0n) is 17.3. The van der Waals surface area contributed by atoms with E-state index in [1.54, 1.807) is 0 Å². The van der Waals surface area contributed by atoms with Crippen molar-refractivity contribution < 1.29 is 0 Å². The van der Waals surface area contributed by atoms with Crippen LogP contribution in [0.5, 0.6) is 0 Å². The molecule has 4 aromatic heterocycles. The number of hydrogen-bond acceptors (Lipinski definition) is 6. The molecule has 0 saturated carbocycles. The van der Waals surface area contributed by atoms with Crippen LogP contribution >= 0.6 is 0 Å². The Morgan fingerprint density at radius 2 is 2.13 bits per heavy atom. The van der Waals surface area contributed by atoms with E-state index in [4.69, 9.17) is 10.7 Å². The van der Waals surface area contributed by atoms with Crippen LogP contribution in [-0.4, -0.2) is 49.1 Å². The molecule has 0 unspecified atom stereocenters. The summed E-state index contributed by atoms with van der Waals surface area (Å²) in [7, 11) is 0. The van der Waals surface area contributed by atoms with Crippen molar-refractivity contribution in [2.45, 2.75) is 39.3 Å². The fraction of sp³-hybridized carbons (Fsp3) is 0.364. The summed E-state index contributed by atoms with van der Waals surface area (Å²) < 4.78 is 1.90. The molecule has 0 aromatic carbocycles. The Labute approximate surface area is 175 Å². The van der Waals surface area contributed by atoms with Crippen molar-refractivity contribution in [3.8, 4) is 22.6 Å². The predicted octanol–water partition coefficient (Wildman–Crippen LogP) is 3.14. The number of piperidine rings is 1. The van der Waals surface area contributed by atoms with E-state index in [0.717, 1.165) is 77.4 Å². The predicted molar refractivity (Wildman–Crippen MR) is 118 cm³/mol. The summed E-state index contributed by atoms with van der Waals surface area (Å²) in [5.74, 6) is 0.998. The van der Waals surface area contributed by atoms with Crippen molar-refractivity contribution in [3.05, 3.63) is 42.4 Å². The van der Waals surface area contributed by atoms with Gasteiger partial charge in [0.25, 0.3) is 0 Å². The Bertz CT molecular complexity index is 1190. The van der Waals surface area contributed by atoms with Gasteiger partial charge in [-0.05, 0) is 44.4 Å². The zero-order chi connectivity index (χ0) is 20.7. The van der Waals surface area contributed by atoms with Gasteiger partial charge in [-0.2, -0.15) is 10.2 Å². The van der Waals surface area contributed by atoms with E-state index in [1.807, 2.05) is 29.3 Å². The molecule has 1 aliphatic rings. The maximum Gasteiger partial charge on any atom is 0.132 e. The van der Waals surface area contributed by atoms with Crippen molar-refractivity contribution in [1.82, 2.24) is 29.9 Å². The van der Waals surface area contributed by atoms with Crippen molar-refractivity contribution in [1.29, 1.82) is 0 Å². The maximum atomic E-state index is 6.20. The standard InChI is InChI=1S/C22H26N8/c1-3-30-12-15(10-25-30)19-9-17-20(11-24-19)27-28-21(17)18-7-6-14(2)22(26-18)29-8-4-5-16(23)13-29/h6-7,9-12,16H,3-5,8,13,23H2,1-2H3,(H,27,28)/t16-/m1/s1. The lowest BCUT2D eigenvalue weighted by Gasteiger charge is -2.32. The SMILES string of the molecule is CCn1cc(-c2cc3c(-c4ccc(C)c(N5CCC[C@@H](N)C5)n4)n[nH]c3cn2)cn1. The monoisotopic (exact) mass is 402 g/mol. The lowest BCUT2D eigenvalue weighted by atomic mass is 10.1. The minimum absolute atomic E-state index is 0.201. The molecule has 1 aliphatic heterocycles. The van der Waals surface area contributed by atoms with Crippen LogP contribution < -0.4 is 10.6 Å². The van der Waals surface area contributed by atoms with Gasteiger partial charge in [0.1, 0.15) is 11.5 Å². The van der Waals surface area contributed by atoms with Crippen LogP contribution in [0.2, 0.25) is 0 Å². The van der Waals surface area contributed by atoms with Gasteiger partial charge in [-0.3, -0.25) is 14.8 Å². The Hall–Kier alpha value is -3.26. The second kappa shape index (κ2) is 7.53. The number of nitrogens with two attached hydrogens (primary N) is 1. The van der Waals surface area contributed by atoms with E-state index in [9.17, 15) is 0 Å². The maximum absolute atomic E-state index is 6.20. The molecule has 8 heteroatoms. The first-order valence-electron chi connectivity index (χ1n) is 10.5. The molecular formula is C22H26N8. The van der Waals surface area contributed by atoms with Crippen molar-refractivity contribution >= 4 is 16.7 Å². The zero-order valence-corrected chi connectivity index (χ0v) is 17.3. The summed E-state index contributed by atoms with van der Waals surface area (Å²) in [5.41, 5.74) is 11.8. The number of aryl methyl sites for hydroxylation is 2. The number of hydrogen-bond donors (Lipinski definition) is 2. The summed E-state index contributed by atoms with van der Waals surface area (Å²) >= 11 is 0. The topological polar surface area (TPSA) is 102 Å². The Morgan fingerprint density at radius 3 is 2.93 bits per heavy atom. The van der Waals surface area contributed by atoms with Crippen molar-refractivity contribution in [3.63, 3.8) is 0 Å². The van der Waals surface area contributed by atoms with E-state index in [-0.39, 0.29) is 6.04 Å². The molecule has 3 N–H and O–H groups in total. The number of H-pyrrole nitrogens is 1. The summed E-state index contributed by atoms with van der Waals surface area (Å²) in [6.45, 7) is 6.82. The fourth-order valence-corrected chi connectivity index (χ4v) is 4.11. The molecule has 0 bridgehead atoms. The number of aromatic nitrogens is 6. The second-order valence-electron chi connectivity index (χ2n) is 7.96. The van der Waals surface area contributed by atoms with Crippen LogP contribution in [0.25, 0.3) is 33.5 Å². The van der Waals surface area contributed by atoms with Crippen LogP contribution in [0.1, 0.15) is 25.3 Å². The van der Waals surface area contributed by atoms with Gasteiger partial charge in [0.2, 0.25) is 0 Å². The number of nitrogens with zero attached hydrogens (tertiary/aromatic N) is 6. The lowest BCUT2D eigenvalue weighted by molar-refractivity contribution is 0.502. The number of fused-ring (bicyclic) bond motifs is 1. The Kier molecular flexibility index (Phi) is 4.71. The summed E-state index contributed by atoms with van der Waals surface area (Å²) in [5, 5.41) is 13.0. The van der Waals surface area contributed by atoms with Gasteiger partial charge in [-0.25, -0.2) is 4.98 Å². The van der Waals surface area contributed by atoms with Gasteiger partial charge >= 0.3 is 0 Å². The average Bonchev–Trinajstić information content (AvgIpc) is 3.41. The molecule has 5 heterocycles. The lowest BCUT2D eigenvalue weighted by Crippen LogP contribution is -2.43. The molecule has 4 aromatic rings. The van der Waals surface area contributed by atoms with Crippen molar-refractivity contribution in [2.75, 3.05) is 18.0 Å². The van der Waals surface area contributed by atoms with Crippen LogP contribution in [0.3, 0.4) is 0 Å². The summed E-state index contributed by atoms with van der Waals surface area (Å²) in [4.78, 5) is 11.9. The highest BCUT2D eigenvalue weighted by Gasteiger charge is 2.21. The molecule has 1 fully saturated rings. The van der Waals surface area contributed by atoms with E-state index in [1.165, 1.54) is 0 Å². The third kappa shape index (κ3) is 3.33. The molecule has 154 valence electrons. The molecule has 0 amide bonds. The smallest absolute Gasteiger partial charge is 0.132 e. The molecule has 0 radical (unpaired) electrons. The molecule has 0 aliphatic carbocycles. The van der Waals surface area contributed by atoms with Crippen LogP contribution in [0, 0.1) is 6.92 Å². The summed E-state index contributed by atoms with van der Waals surface area (Å²) in [6, 6.07) is 6.41. The molecule has 0 spiro atoms. The van der Waals surface area contributed by atoms with Gasteiger partial charge in [0.05, 0.1) is 29.3 Å². The molecule has 1 atom stereocenters. The normalized spacial score (nSPS) is 17.0. The number of anilines is 1. The van der Waals surface area contributed by atoms with E-state index in [0.29, 0.717) is 0 Å². The van der Waals surface area contributed by atoms with E-state index >= 15 is 0 Å². The summed E-state index contributed by atoms with van der Waals surface area (Å²) in [6.07, 6.45) is 7.85. The van der Waals surface area contributed by atoms with E-state index < -0.39 is 0 Å². The molecule has 5 rings (SSSR count). The van der Waals surface area contributed by atoms with Crippen molar-refractivity contribution in [2.24, 2.45) is 5.73 Å². The molecular weight excluding hydrogens is 376 g/mol. The third-order valence-electron chi connectivity index (χ3n) is 5.77. The highest BCUT2D eigenvalue weighted by molar-refractivity contribution is 5.93. The van der Waals surface area contributed by atoms with Gasteiger partial charge < -0.3 is 10.6 Å². The highest BCUT2D eigenvalue weighted by Crippen LogP contribution is 2.31. The largest absolute Gasteiger partial charge is 0.355 e. The first-order chi connectivity index (χ1) is 14.6. The first-order valence-corrected chi connectivity index (χ1v) is 10.5. The first kappa shape index (κ1) is 18.7. The van der Waals surface area contributed by atoms with Crippen LogP contribution in [0.15, 0.2) is 36.8 Å². The number of rotatable bonds is 4. The van der Waals surface area contributed by atoms with Gasteiger partial charge in [-0.1, -0.05) is 6.07 Å². The molecule has 1 saturated heterocycles. The number of pyridine rings is 2. The average molecular weight is 403 g/mol. The van der Waals surface area contributed by atoms with E-state index in [2.05, 4.69) is 51.2 Å². The fourth-order valence-electron chi connectivity index (χ4n) is 4.11. The van der Waals surface area contributed by atoms with Gasteiger partial charge in [0, 0.05) is 42.8 Å². The quantitative estimate of drug-likeness (QED) is 0.544. The third-order valence-corrected chi connectivity index (χ3v) is 5.77.